The number of carboxylic acid groups (broad SMARTS) is 1. The number of carbonyl (C=O) groups is 1. The number of ether oxygens (including phenoxy) is 1. The Morgan fingerprint density at radius 3 is 2.95 bits per heavy atom. The van der Waals surface area contributed by atoms with Crippen LogP contribution in [-0.4, -0.2) is 30.3 Å². The molecule has 1 aliphatic heterocycles. The molecule has 0 saturated heterocycles. The van der Waals surface area contributed by atoms with E-state index in [1.165, 1.54) is 11.1 Å². The van der Waals surface area contributed by atoms with Gasteiger partial charge in [0.1, 0.15) is 11.8 Å². The third-order valence-corrected chi connectivity index (χ3v) is 3.56. The number of aliphatic carboxylic acids is 1. The maximum atomic E-state index is 11.2. The van der Waals surface area contributed by atoms with Gasteiger partial charge < -0.3 is 15.2 Å². The van der Waals surface area contributed by atoms with Crippen molar-refractivity contribution in [1.29, 1.82) is 0 Å². The fourth-order valence-corrected chi connectivity index (χ4v) is 2.53. The lowest BCUT2D eigenvalue weighted by molar-refractivity contribution is -0.139. The standard InChI is InChI=1S/C16H23NO3/c1-11(2)9-14(16(18)19)17-7-5-12-3-4-15-13(10-12)6-8-20-15/h3-4,10-11,14,17H,5-9H2,1-2H3,(H,18,19). The van der Waals surface area contributed by atoms with Gasteiger partial charge in [-0.25, -0.2) is 0 Å². The van der Waals surface area contributed by atoms with Crippen LogP contribution in [-0.2, 0) is 17.6 Å². The Labute approximate surface area is 120 Å². The summed E-state index contributed by atoms with van der Waals surface area (Å²) >= 11 is 0. The first-order valence-electron chi connectivity index (χ1n) is 7.27. The van der Waals surface area contributed by atoms with Gasteiger partial charge in [0.25, 0.3) is 0 Å². The molecule has 1 aromatic rings. The number of fused-ring (bicyclic) bond motifs is 1. The van der Waals surface area contributed by atoms with Crippen molar-refractivity contribution in [1.82, 2.24) is 5.32 Å². The molecule has 0 amide bonds. The highest BCUT2D eigenvalue weighted by Gasteiger charge is 2.18. The van der Waals surface area contributed by atoms with Crippen molar-refractivity contribution in [3.63, 3.8) is 0 Å². The monoisotopic (exact) mass is 277 g/mol. The highest BCUT2D eigenvalue weighted by molar-refractivity contribution is 5.73. The average molecular weight is 277 g/mol. The molecule has 0 aromatic heterocycles. The lowest BCUT2D eigenvalue weighted by Crippen LogP contribution is -2.38. The van der Waals surface area contributed by atoms with Crippen LogP contribution in [0.1, 0.15) is 31.4 Å². The Bertz CT molecular complexity index is 471. The summed E-state index contributed by atoms with van der Waals surface area (Å²) in [6.45, 7) is 5.53. The second-order valence-corrected chi connectivity index (χ2v) is 5.77. The lowest BCUT2D eigenvalue weighted by atomic mass is 10.0. The van der Waals surface area contributed by atoms with E-state index in [4.69, 9.17) is 9.84 Å². The molecule has 0 saturated carbocycles. The highest BCUT2D eigenvalue weighted by atomic mass is 16.5. The molecule has 1 aromatic carbocycles. The summed E-state index contributed by atoms with van der Waals surface area (Å²) in [5.41, 5.74) is 2.50. The molecule has 20 heavy (non-hydrogen) atoms. The highest BCUT2D eigenvalue weighted by Crippen LogP contribution is 2.25. The number of hydrogen-bond acceptors (Lipinski definition) is 3. The Morgan fingerprint density at radius 1 is 1.45 bits per heavy atom. The fraction of sp³-hybridized carbons (Fsp3) is 0.562. The maximum Gasteiger partial charge on any atom is 0.320 e. The van der Waals surface area contributed by atoms with Crippen LogP contribution in [0.25, 0.3) is 0 Å². The second kappa shape index (κ2) is 6.75. The molecule has 0 fully saturated rings. The quantitative estimate of drug-likeness (QED) is 0.802. The molecular formula is C16H23NO3. The largest absolute Gasteiger partial charge is 0.493 e. The van der Waals surface area contributed by atoms with E-state index in [2.05, 4.69) is 17.4 Å². The van der Waals surface area contributed by atoms with Gasteiger partial charge in [-0.05, 0) is 42.5 Å². The van der Waals surface area contributed by atoms with Crippen molar-refractivity contribution in [2.75, 3.05) is 13.2 Å². The van der Waals surface area contributed by atoms with Gasteiger partial charge in [-0.2, -0.15) is 0 Å². The molecule has 1 unspecified atom stereocenters. The van der Waals surface area contributed by atoms with E-state index in [9.17, 15) is 4.79 Å². The van der Waals surface area contributed by atoms with E-state index in [0.717, 1.165) is 25.2 Å². The molecular weight excluding hydrogens is 254 g/mol. The van der Waals surface area contributed by atoms with Crippen molar-refractivity contribution < 1.29 is 14.6 Å². The van der Waals surface area contributed by atoms with Gasteiger partial charge in [0.2, 0.25) is 0 Å². The van der Waals surface area contributed by atoms with Crippen LogP contribution >= 0.6 is 0 Å². The molecule has 0 bridgehead atoms. The number of carboxylic acids is 1. The van der Waals surface area contributed by atoms with E-state index in [1.807, 2.05) is 19.9 Å². The van der Waals surface area contributed by atoms with Crippen LogP contribution < -0.4 is 10.1 Å². The van der Waals surface area contributed by atoms with Gasteiger partial charge in [0.05, 0.1) is 6.61 Å². The molecule has 110 valence electrons. The molecule has 1 aliphatic rings. The summed E-state index contributed by atoms with van der Waals surface area (Å²) in [5, 5.41) is 12.3. The van der Waals surface area contributed by atoms with Gasteiger partial charge >= 0.3 is 5.97 Å². The van der Waals surface area contributed by atoms with Gasteiger partial charge in [-0.1, -0.05) is 26.0 Å². The number of benzene rings is 1. The normalized spacial score (nSPS) is 14.9. The molecule has 0 spiro atoms. The minimum absolute atomic E-state index is 0.376. The molecule has 4 nitrogen and oxygen atoms in total. The van der Waals surface area contributed by atoms with E-state index in [0.29, 0.717) is 18.9 Å². The Hall–Kier alpha value is -1.55. The van der Waals surface area contributed by atoms with Crippen LogP contribution in [0.4, 0.5) is 0 Å². The topological polar surface area (TPSA) is 58.6 Å². The number of hydrogen-bond donors (Lipinski definition) is 2. The zero-order chi connectivity index (χ0) is 14.5. The zero-order valence-electron chi connectivity index (χ0n) is 12.2. The minimum Gasteiger partial charge on any atom is -0.493 e. The predicted octanol–water partition coefficient (Wildman–Crippen LogP) is 2.25. The van der Waals surface area contributed by atoms with Gasteiger partial charge in [-0.15, -0.1) is 0 Å². The smallest absolute Gasteiger partial charge is 0.320 e. The third-order valence-electron chi connectivity index (χ3n) is 3.56. The molecule has 0 aliphatic carbocycles. The van der Waals surface area contributed by atoms with Crippen molar-refractivity contribution in [3.8, 4) is 5.75 Å². The average Bonchev–Trinajstić information content (AvgIpc) is 2.84. The SMILES string of the molecule is CC(C)CC(NCCc1ccc2c(c1)CCO2)C(=O)O. The summed E-state index contributed by atoms with van der Waals surface area (Å²) in [6.07, 6.45) is 2.48. The molecule has 1 heterocycles. The lowest BCUT2D eigenvalue weighted by Gasteiger charge is -2.16. The Morgan fingerprint density at radius 2 is 2.25 bits per heavy atom. The predicted molar refractivity (Wildman–Crippen MR) is 78.2 cm³/mol. The maximum absolute atomic E-state index is 11.2. The summed E-state index contributed by atoms with van der Waals surface area (Å²) < 4.78 is 5.48. The van der Waals surface area contributed by atoms with E-state index in [-0.39, 0.29) is 0 Å². The minimum atomic E-state index is -0.763. The summed E-state index contributed by atoms with van der Waals surface area (Å²) in [6, 6.07) is 5.79. The van der Waals surface area contributed by atoms with Crippen molar-refractivity contribution >= 4 is 5.97 Å². The van der Waals surface area contributed by atoms with Crippen LogP contribution in [0.5, 0.6) is 5.75 Å². The van der Waals surface area contributed by atoms with E-state index >= 15 is 0 Å². The van der Waals surface area contributed by atoms with Crippen molar-refractivity contribution in [2.24, 2.45) is 5.92 Å². The summed E-state index contributed by atoms with van der Waals surface area (Å²) in [5.74, 6) is 0.603. The van der Waals surface area contributed by atoms with Crippen LogP contribution in [0, 0.1) is 5.92 Å². The van der Waals surface area contributed by atoms with Crippen LogP contribution in [0.15, 0.2) is 18.2 Å². The second-order valence-electron chi connectivity index (χ2n) is 5.77. The van der Waals surface area contributed by atoms with Crippen molar-refractivity contribution in [3.05, 3.63) is 29.3 Å². The first kappa shape index (κ1) is 14.9. The number of rotatable bonds is 7. The van der Waals surface area contributed by atoms with Gasteiger partial charge in [0, 0.05) is 6.42 Å². The third kappa shape index (κ3) is 3.97. The molecule has 2 rings (SSSR count). The van der Waals surface area contributed by atoms with Gasteiger partial charge in [0.15, 0.2) is 0 Å². The summed E-state index contributed by atoms with van der Waals surface area (Å²) in [7, 11) is 0. The molecule has 4 heteroatoms. The van der Waals surface area contributed by atoms with Crippen LogP contribution in [0.2, 0.25) is 0 Å². The zero-order valence-corrected chi connectivity index (χ0v) is 12.2. The first-order chi connectivity index (χ1) is 9.56. The molecule has 2 N–H and O–H groups in total. The number of nitrogens with one attached hydrogen (secondary N) is 1. The Balaban J connectivity index is 1.84. The Kier molecular flexibility index (Phi) is 5.01. The fourth-order valence-electron chi connectivity index (χ4n) is 2.53. The van der Waals surface area contributed by atoms with E-state index < -0.39 is 12.0 Å². The summed E-state index contributed by atoms with van der Waals surface area (Å²) in [4.78, 5) is 11.2. The van der Waals surface area contributed by atoms with Crippen LogP contribution in [0.3, 0.4) is 0 Å². The molecule has 0 radical (unpaired) electrons. The van der Waals surface area contributed by atoms with Gasteiger partial charge in [-0.3, -0.25) is 4.79 Å². The molecule has 1 atom stereocenters. The van der Waals surface area contributed by atoms with E-state index in [1.54, 1.807) is 0 Å². The first-order valence-corrected chi connectivity index (χ1v) is 7.27. The van der Waals surface area contributed by atoms with Crippen molar-refractivity contribution in [2.45, 2.75) is 39.2 Å².